The fraction of sp³-hybridized carbons (Fsp3) is 0.333. The van der Waals surface area contributed by atoms with E-state index in [1.54, 1.807) is 4.57 Å². The first-order valence-electron chi connectivity index (χ1n) is 11.3. The number of hydrogen-bond donors (Lipinski definition) is 3. The number of halogens is 2. The number of nitrogen functional groups attached to an aromatic ring is 1. The molecule has 10 nitrogen and oxygen atoms in total. The van der Waals surface area contributed by atoms with Gasteiger partial charge in [-0.05, 0) is 31.3 Å². The first kappa shape index (κ1) is 23.5. The molecule has 5 N–H and O–H groups in total. The van der Waals surface area contributed by atoms with E-state index in [0.717, 1.165) is 18.9 Å². The largest absolute Gasteiger partial charge is 0.394 e. The topological polar surface area (TPSA) is 145 Å². The van der Waals surface area contributed by atoms with Gasteiger partial charge in [0.1, 0.15) is 22.7 Å². The molecule has 36 heavy (non-hydrogen) atoms. The van der Waals surface area contributed by atoms with Gasteiger partial charge in [0.2, 0.25) is 5.91 Å². The van der Waals surface area contributed by atoms with E-state index in [4.69, 9.17) is 11.5 Å². The Morgan fingerprint density at radius 3 is 2.67 bits per heavy atom. The minimum Gasteiger partial charge on any atom is -0.394 e. The van der Waals surface area contributed by atoms with Crippen molar-refractivity contribution in [1.29, 1.82) is 0 Å². The molecule has 3 aromatic rings. The number of amides is 2. The molecule has 0 radical (unpaired) electrons. The number of benzene rings is 1. The molecule has 0 bridgehead atoms. The molecule has 1 saturated carbocycles. The number of rotatable bonds is 5. The van der Waals surface area contributed by atoms with Gasteiger partial charge in [0.05, 0.1) is 36.1 Å². The zero-order valence-corrected chi connectivity index (χ0v) is 19.1. The monoisotopic (exact) mass is 495 g/mol. The number of aliphatic hydroxyl groups is 1. The fourth-order valence-electron chi connectivity index (χ4n) is 4.66. The highest BCUT2D eigenvalue weighted by Gasteiger charge is 2.37. The zero-order valence-electron chi connectivity index (χ0n) is 19.1. The smallest absolute Gasteiger partial charge is 0.255 e. The third-order valence-electron chi connectivity index (χ3n) is 6.61. The van der Waals surface area contributed by atoms with Gasteiger partial charge in [-0.2, -0.15) is 5.10 Å². The van der Waals surface area contributed by atoms with Crippen LogP contribution in [0.5, 0.6) is 0 Å². The summed E-state index contributed by atoms with van der Waals surface area (Å²) in [6.07, 6.45) is 4.77. The molecule has 2 aliphatic rings. The van der Waals surface area contributed by atoms with Crippen molar-refractivity contribution in [2.24, 2.45) is 5.73 Å². The van der Waals surface area contributed by atoms with Crippen LogP contribution in [0.3, 0.4) is 0 Å². The van der Waals surface area contributed by atoms with Crippen LogP contribution in [-0.4, -0.2) is 60.3 Å². The maximum absolute atomic E-state index is 15.1. The van der Waals surface area contributed by atoms with Crippen LogP contribution < -0.4 is 11.5 Å². The molecule has 1 aromatic carbocycles. The molecule has 0 unspecified atom stereocenters. The molecule has 0 spiro atoms. The highest BCUT2D eigenvalue weighted by atomic mass is 19.1. The number of nitrogens with two attached hydrogens (primary N) is 2. The highest BCUT2D eigenvalue weighted by Crippen LogP contribution is 2.38. The minimum absolute atomic E-state index is 0.000691. The van der Waals surface area contributed by atoms with E-state index in [1.165, 1.54) is 22.0 Å². The van der Waals surface area contributed by atoms with Crippen molar-refractivity contribution in [3.05, 3.63) is 53.5 Å². The second-order valence-corrected chi connectivity index (χ2v) is 8.89. The second-order valence-electron chi connectivity index (χ2n) is 8.89. The van der Waals surface area contributed by atoms with Crippen molar-refractivity contribution >= 4 is 28.7 Å². The quantitative estimate of drug-likeness (QED) is 0.359. The van der Waals surface area contributed by atoms with E-state index < -0.39 is 35.2 Å². The number of carbonyl (C=O) groups excluding carboxylic acids is 2. The van der Waals surface area contributed by atoms with Crippen LogP contribution in [0, 0.1) is 23.5 Å². The Morgan fingerprint density at radius 2 is 2.03 bits per heavy atom. The summed E-state index contributed by atoms with van der Waals surface area (Å²) in [6.45, 7) is 3.33. The van der Waals surface area contributed by atoms with Crippen LogP contribution in [-0.2, 0) is 4.79 Å². The van der Waals surface area contributed by atoms with Gasteiger partial charge < -0.3 is 26.0 Å². The Balaban J connectivity index is 1.53. The highest BCUT2D eigenvalue weighted by molar-refractivity contribution is 5.99. The molecule has 186 valence electrons. The first-order valence-corrected chi connectivity index (χ1v) is 11.3. The van der Waals surface area contributed by atoms with Crippen LogP contribution in [0.1, 0.15) is 53.0 Å². The molecular weight excluding hydrogens is 472 g/mol. The standard InChI is InChI=1S/C24H23F2N7O3/c1-2-19(35)31-9-13(7-14(31)10-34)33-23(27)20(24(28)36)17(30-33)6-5-15-16(25)8-18-22(21(15)26)29-11-32(18)12-3-4-12/h2,8,11-14,34H,1,3-4,7,9-10,27H2,(H2,28,36)/t13-,14+/m0/s1. The average molecular weight is 495 g/mol. The second kappa shape index (κ2) is 8.76. The first-order chi connectivity index (χ1) is 17.2. The predicted octanol–water partition coefficient (Wildman–Crippen LogP) is 1.25. The molecule has 1 saturated heterocycles. The molecule has 12 heteroatoms. The van der Waals surface area contributed by atoms with E-state index in [2.05, 4.69) is 28.5 Å². The normalized spacial score (nSPS) is 19.4. The number of primary amides is 1. The molecule has 2 aromatic heterocycles. The summed E-state index contributed by atoms with van der Waals surface area (Å²) in [4.78, 5) is 29.8. The predicted molar refractivity (Wildman–Crippen MR) is 125 cm³/mol. The van der Waals surface area contributed by atoms with E-state index in [1.807, 2.05) is 0 Å². The number of carbonyl (C=O) groups is 2. The van der Waals surface area contributed by atoms with Crippen molar-refractivity contribution in [3.63, 3.8) is 0 Å². The van der Waals surface area contributed by atoms with Crippen LogP contribution in [0.15, 0.2) is 25.0 Å². The van der Waals surface area contributed by atoms with Crippen molar-refractivity contribution in [3.8, 4) is 11.8 Å². The molecule has 2 amide bonds. The number of fused-ring (bicyclic) bond motifs is 1. The lowest BCUT2D eigenvalue weighted by Crippen LogP contribution is -2.36. The van der Waals surface area contributed by atoms with Crippen LogP contribution in [0.25, 0.3) is 11.0 Å². The van der Waals surface area contributed by atoms with E-state index >= 15 is 4.39 Å². The van der Waals surface area contributed by atoms with Gasteiger partial charge in [-0.15, -0.1) is 0 Å². The number of hydrogen-bond acceptors (Lipinski definition) is 6. The number of aromatic nitrogens is 4. The van der Waals surface area contributed by atoms with Gasteiger partial charge in [-0.1, -0.05) is 12.5 Å². The minimum atomic E-state index is -0.918. The Hall–Kier alpha value is -4.24. The molecule has 1 aliphatic heterocycles. The maximum Gasteiger partial charge on any atom is 0.255 e. The maximum atomic E-state index is 15.1. The van der Waals surface area contributed by atoms with Gasteiger partial charge in [-0.25, -0.2) is 18.4 Å². The summed E-state index contributed by atoms with van der Waals surface area (Å²) in [7, 11) is 0. The van der Waals surface area contributed by atoms with Gasteiger partial charge >= 0.3 is 0 Å². The lowest BCUT2D eigenvalue weighted by molar-refractivity contribution is -0.127. The molecule has 1 aliphatic carbocycles. The fourth-order valence-corrected chi connectivity index (χ4v) is 4.66. The summed E-state index contributed by atoms with van der Waals surface area (Å²) in [6, 6.07) is 0.389. The Bertz CT molecular complexity index is 1480. The number of aliphatic hydroxyl groups excluding tert-OH is 1. The Morgan fingerprint density at radius 1 is 1.28 bits per heavy atom. The molecule has 3 heterocycles. The molecule has 2 atom stereocenters. The van der Waals surface area contributed by atoms with Crippen molar-refractivity contribution in [1.82, 2.24) is 24.2 Å². The summed E-state index contributed by atoms with van der Waals surface area (Å²) in [5.74, 6) is 1.78. The molecule has 5 rings (SSSR count). The SMILES string of the molecule is C=CC(=O)N1C[C@@H](n2nc(C#Cc3c(F)cc4c(ncn4C4CC4)c3F)c(C(N)=O)c2N)C[C@@H]1CO. The van der Waals surface area contributed by atoms with Gasteiger partial charge in [0.15, 0.2) is 11.5 Å². The summed E-state index contributed by atoms with van der Waals surface area (Å²) in [5, 5.41) is 14.0. The summed E-state index contributed by atoms with van der Waals surface area (Å²) >= 11 is 0. The average Bonchev–Trinajstić information content (AvgIpc) is 3.31. The van der Waals surface area contributed by atoms with Crippen molar-refractivity contribution in [2.75, 3.05) is 18.9 Å². The van der Waals surface area contributed by atoms with Crippen LogP contribution in [0.2, 0.25) is 0 Å². The zero-order chi connectivity index (χ0) is 25.7. The van der Waals surface area contributed by atoms with Gasteiger partial charge in [0, 0.05) is 18.7 Å². The van der Waals surface area contributed by atoms with Gasteiger partial charge in [0.25, 0.3) is 5.91 Å². The van der Waals surface area contributed by atoms with Gasteiger partial charge in [-0.3, -0.25) is 9.59 Å². The third-order valence-corrected chi connectivity index (χ3v) is 6.61. The van der Waals surface area contributed by atoms with Crippen LogP contribution in [0.4, 0.5) is 14.6 Å². The summed E-state index contributed by atoms with van der Waals surface area (Å²) < 4.78 is 33.0. The number of imidazole rings is 1. The molecule has 2 fully saturated rings. The summed E-state index contributed by atoms with van der Waals surface area (Å²) in [5.41, 5.74) is 11.1. The van der Waals surface area contributed by atoms with Crippen molar-refractivity contribution in [2.45, 2.75) is 37.4 Å². The molecular formula is C24H23F2N7O3. The number of nitrogens with zero attached hydrogens (tertiary/aromatic N) is 5. The van der Waals surface area contributed by atoms with Crippen molar-refractivity contribution < 1.29 is 23.5 Å². The lowest BCUT2D eigenvalue weighted by Gasteiger charge is -2.20. The number of anilines is 1. The van der Waals surface area contributed by atoms with E-state index in [0.29, 0.717) is 11.9 Å². The van der Waals surface area contributed by atoms with E-state index in [-0.39, 0.29) is 47.7 Å². The van der Waals surface area contributed by atoms with E-state index in [9.17, 15) is 19.1 Å². The Kier molecular flexibility index (Phi) is 5.72. The third kappa shape index (κ3) is 3.77. The Labute approximate surface area is 204 Å². The van der Waals surface area contributed by atoms with Crippen LogP contribution >= 0.6 is 0 Å². The lowest BCUT2D eigenvalue weighted by atomic mass is 10.1. The number of likely N-dealkylation sites (tertiary alicyclic amines) is 1.